The molecule has 0 aliphatic carbocycles. The van der Waals surface area contributed by atoms with E-state index in [0.717, 1.165) is 10.0 Å². The third-order valence-electron chi connectivity index (χ3n) is 4.21. The Morgan fingerprint density at radius 2 is 1.83 bits per heavy atom. The predicted molar refractivity (Wildman–Crippen MR) is 117 cm³/mol. The highest BCUT2D eigenvalue weighted by molar-refractivity contribution is 9.10. The van der Waals surface area contributed by atoms with Crippen molar-refractivity contribution in [3.63, 3.8) is 0 Å². The van der Waals surface area contributed by atoms with Gasteiger partial charge in [0, 0.05) is 21.6 Å². The lowest BCUT2D eigenvalue weighted by atomic mass is 9.98. The molecule has 0 radical (unpaired) electrons. The molecule has 3 aromatic rings. The van der Waals surface area contributed by atoms with Crippen molar-refractivity contribution in [2.75, 3.05) is 5.32 Å². The number of hydrogen-bond acceptors (Lipinski definition) is 2. The number of hydrogen-bond donors (Lipinski definition) is 1. The van der Waals surface area contributed by atoms with Gasteiger partial charge in [0.05, 0.1) is 0 Å². The van der Waals surface area contributed by atoms with Gasteiger partial charge in [-0.15, -0.1) is 0 Å². The predicted octanol–water partition coefficient (Wildman–Crippen LogP) is 6.38. The van der Waals surface area contributed by atoms with Gasteiger partial charge in [-0.1, -0.05) is 51.8 Å². The number of amides is 1. The molecule has 0 aliphatic rings. The first-order valence-electron chi connectivity index (χ1n) is 8.67. The monoisotopic (exact) mass is 468 g/mol. The van der Waals surface area contributed by atoms with Crippen molar-refractivity contribution < 1.29 is 9.18 Å². The fourth-order valence-electron chi connectivity index (χ4n) is 2.74. The van der Waals surface area contributed by atoms with Crippen molar-refractivity contribution in [2.24, 2.45) is 0 Å². The first-order valence-corrected chi connectivity index (χ1v) is 9.84. The molecule has 0 aromatic heterocycles. The molecule has 0 atom stereocenters. The van der Waals surface area contributed by atoms with Crippen molar-refractivity contribution >= 4 is 45.2 Å². The van der Waals surface area contributed by atoms with Gasteiger partial charge in [-0.25, -0.2) is 4.39 Å². The Hall–Kier alpha value is -2.94. The second-order valence-electron chi connectivity index (χ2n) is 6.24. The Bertz CT molecular complexity index is 1120. The lowest BCUT2D eigenvalue weighted by Gasteiger charge is -2.09. The van der Waals surface area contributed by atoms with Crippen LogP contribution in [0.2, 0.25) is 5.02 Å². The average molecular weight is 470 g/mol. The van der Waals surface area contributed by atoms with Gasteiger partial charge in [-0.2, -0.15) is 5.26 Å². The molecule has 0 spiro atoms. The highest BCUT2D eigenvalue weighted by atomic mass is 79.9. The largest absolute Gasteiger partial charge is 0.321 e. The van der Waals surface area contributed by atoms with Crippen LogP contribution in [0.5, 0.6) is 0 Å². The summed E-state index contributed by atoms with van der Waals surface area (Å²) in [7, 11) is 0. The minimum atomic E-state index is -0.536. The highest BCUT2D eigenvalue weighted by Crippen LogP contribution is 2.23. The maximum absolute atomic E-state index is 14.1. The number of benzene rings is 3. The van der Waals surface area contributed by atoms with Crippen molar-refractivity contribution in [3.8, 4) is 6.07 Å². The SMILES string of the molecule is N#C/C(=C\c1cc(Br)ccc1Cc1ccccc1F)C(=O)Nc1ccc(Cl)cc1. The first kappa shape index (κ1) is 20.8. The van der Waals surface area contributed by atoms with Gasteiger partial charge in [0.2, 0.25) is 0 Å². The smallest absolute Gasteiger partial charge is 0.266 e. The lowest BCUT2D eigenvalue weighted by molar-refractivity contribution is -0.112. The standard InChI is InChI=1S/C23H15BrClFN2O/c24-19-6-5-15(11-16-3-1-2-4-22(16)26)17(13-19)12-18(14-27)23(29)28-21-9-7-20(25)8-10-21/h1-10,12-13H,11H2,(H,28,29)/b18-12+. The molecule has 0 unspecified atom stereocenters. The van der Waals surface area contributed by atoms with E-state index in [1.165, 1.54) is 12.1 Å². The zero-order valence-electron chi connectivity index (χ0n) is 15.1. The average Bonchev–Trinajstić information content (AvgIpc) is 2.71. The molecular formula is C23H15BrClFN2O. The molecule has 144 valence electrons. The summed E-state index contributed by atoms with van der Waals surface area (Å²) in [5, 5.41) is 12.7. The van der Waals surface area contributed by atoms with Crippen LogP contribution in [0.25, 0.3) is 6.08 Å². The Labute approximate surface area is 181 Å². The summed E-state index contributed by atoms with van der Waals surface area (Å²) in [6, 6.07) is 20.5. The Kier molecular flexibility index (Phi) is 6.82. The van der Waals surface area contributed by atoms with E-state index in [1.807, 2.05) is 18.2 Å². The lowest BCUT2D eigenvalue weighted by Crippen LogP contribution is -2.13. The number of nitrogens with zero attached hydrogens (tertiary/aromatic N) is 1. The summed E-state index contributed by atoms with van der Waals surface area (Å²) in [6.07, 6.45) is 1.84. The minimum Gasteiger partial charge on any atom is -0.321 e. The van der Waals surface area contributed by atoms with Gasteiger partial charge in [0.25, 0.3) is 5.91 Å². The summed E-state index contributed by atoms with van der Waals surface area (Å²) in [5.41, 5.74) is 2.46. The first-order chi connectivity index (χ1) is 14.0. The summed E-state index contributed by atoms with van der Waals surface area (Å²) in [4.78, 5) is 12.5. The summed E-state index contributed by atoms with van der Waals surface area (Å²) in [5.74, 6) is -0.835. The molecule has 0 heterocycles. The molecule has 29 heavy (non-hydrogen) atoms. The Morgan fingerprint density at radius 1 is 1.10 bits per heavy atom. The minimum absolute atomic E-state index is 0.0622. The quantitative estimate of drug-likeness (QED) is 0.348. The summed E-state index contributed by atoms with van der Waals surface area (Å²) >= 11 is 9.25. The van der Waals surface area contributed by atoms with Crippen LogP contribution in [-0.4, -0.2) is 5.91 Å². The molecule has 3 nitrogen and oxygen atoms in total. The molecule has 3 rings (SSSR count). The van der Waals surface area contributed by atoms with Crippen LogP contribution in [0.3, 0.4) is 0 Å². The molecule has 0 saturated heterocycles. The van der Waals surface area contributed by atoms with E-state index in [4.69, 9.17) is 11.6 Å². The van der Waals surface area contributed by atoms with Crippen LogP contribution in [-0.2, 0) is 11.2 Å². The normalized spacial score (nSPS) is 11.0. The molecule has 1 N–H and O–H groups in total. The van der Waals surface area contributed by atoms with Gasteiger partial charge in [0.1, 0.15) is 17.5 Å². The second kappa shape index (κ2) is 9.51. The van der Waals surface area contributed by atoms with Crippen LogP contribution in [0.1, 0.15) is 16.7 Å². The van der Waals surface area contributed by atoms with Gasteiger partial charge in [-0.05, 0) is 65.2 Å². The van der Waals surface area contributed by atoms with E-state index in [2.05, 4.69) is 21.2 Å². The molecule has 0 bridgehead atoms. The molecule has 6 heteroatoms. The van der Waals surface area contributed by atoms with Crippen LogP contribution in [0.15, 0.2) is 76.8 Å². The fourth-order valence-corrected chi connectivity index (χ4v) is 3.25. The van der Waals surface area contributed by atoms with Gasteiger partial charge >= 0.3 is 0 Å². The van der Waals surface area contributed by atoms with E-state index in [-0.39, 0.29) is 11.4 Å². The number of nitrogens with one attached hydrogen (secondary N) is 1. The Balaban J connectivity index is 1.91. The van der Waals surface area contributed by atoms with E-state index in [9.17, 15) is 14.4 Å². The van der Waals surface area contributed by atoms with Crippen LogP contribution >= 0.6 is 27.5 Å². The topological polar surface area (TPSA) is 52.9 Å². The number of carbonyl (C=O) groups excluding carboxylic acids is 1. The zero-order valence-corrected chi connectivity index (χ0v) is 17.5. The van der Waals surface area contributed by atoms with Crippen LogP contribution in [0.4, 0.5) is 10.1 Å². The van der Waals surface area contributed by atoms with Gasteiger partial charge in [0.15, 0.2) is 0 Å². The van der Waals surface area contributed by atoms with Crippen molar-refractivity contribution in [3.05, 3.63) is 104 Å². The third kappa shape index (κ3) is 5.54. The maximum Gasteiger partial charge on any atom is 0.266 e. The number of halogens is 3. The molecule has 0 saturated carbocycles. The summed E-state index contributed by atoms with van der Waals surface area (Å²) < 4.78 is 14.9. The van der Waals surface area contributed by atoms with E-state index >= 15 is 0 Å². The highest BCUT2D eigenvalue weighted by Gasteiger charge is 2.12. The van der Waals surface area contributed by atoms with E-state index in [1.54, 1.807) is 48.5 Å². The van der Waals surface area contributed by atoms with E-state index < -0.39 is 5.91 Å². The number of carbonyl (C=O) groups is 1. The molecular weight excluding hydrogens is 455 g/mol. The molecule has 0 aliphatic heterocycles. The summed E-state index contributed by atoms with van der Waals surface area (Å²) in [6.45, 7) is 0. The molecule has 0 fully saturated rings. The molecule has 3 aromatic carbocycles. The Morgan fingerprint density at radius 3 is 2.52 bits per heavy atom. The van der Waals surface area contributed by atoms with Gasteiger partial charge < -0.3 is 5.32 Å². The van der Waals surface area contributed by atoms with Crippen molar-refractivity contribution in [2.45, 2.75) is 6.42 Å². The van der Waals surface area contributed by atoms with Gasteiger partial charge in [-0.3, -0.25) is 4.79 Å². The second-order valence-corrected chi connectivity index (χ2v) is 7.59. The zero-order chi connectivity index (χ0) is 20.8. The van der Waals surface area contributed by atoms with E-state index in [0.29, 0.717) is 28.3 Å². The number of anilines is 1. The van der Waals surface area contributed by atoms with Crippen molar-refractivity contribution in [1.29, 1.82) is 5.26 Å². The van der Waals surface area contributed by atoms with Crippen LogP contribution in [0, 0.1) is 17.1 Å². The molecule has 1 amide bonds. The fraction of sp³-hybridized carbons (Fsp3) is 0.0435. The number of nitriles is 1. The number of rotatable bonds is 5. The van der Waals surface area contributed by atoms with Crippen LogP contribution < -0.4 is 5.32 Å². The third-order valence-corrected chi connectivity index (χ3v) is 4.96. The van der Waals surface area contributed by atoms with Crippen molar-refractivity contribution in [1.82, 2.24) is 0 Å². The maximum atomic E-state index is 14.1.